The highest BCUT2D eigenvalue weighted by Crippen LogP contribution is 2.45. The van der Waals surface area contributed by atoms with Gasteiger partial charge >= 0.3 is 0 Å². The first-order chi connectivity index (χ1) is 15.0. The number of phenolic OH excluding ortho intramolecular Hbond substituents is 1. The molecule has 0 amide bonds. The Kier molecular flexibility index (Phi) is 6.82. The molecule has 0 bridgehead atoms. The average Bonchev–Trinajstić information content (AvgIpc) is 2.81. The zero-order valence-electron chi connectivity index (χ0n) is 17.8. The SMILES string of the molecule is COc1ccc(/C=C/C(=O)c2ccccc2-c2ccc(OC)c(OC)c2OC)cc1O. The monoisotopic (exact) mass is 420 g/mol. The summed E-state index contributed by atoms with van der Waals surface area (Å²) in [5, 5.41) is 9.94. The highest BCUT2D eigenvalue weighted by molar-refractivity contribution is 6.11. The normalized spacial score (nSPS) is 10.7. The Morgan fingerprint density at radius 1 is 0.774 bits per heavy atom. The van der Waals surface area contributed by atoms with Crippen LogP contribution in [0.4, 0.5) is 0 Å². The van der Waals surface area contributed by atoms with Gasteiger partial charge in [0.15, 0.2) is 28.8 Å². The first-order valence-electron chi connectivity index (χ1n) is 9.51. The Morgan fingerprint density at radius 3 is 2.10 bits per heavy atom. The summed E-state index contributed by atoms with van der Waals surface area (Å²) in [7, 11) is 6.11. The summed E-state index contributed by atoms with van der Waals surface area (Å²) in [6.07, 6.45) is 3.11. The van der Waals surface area contributed by atoms with Crippen molar-refractivity contribution in [1.29, 1.82) is 0 Å². The summed E-state index contributed by atoms with van der Waals surface area (Å²) in [5.41, 5.74) is 2.59. The molecule has 160 valence electrons. The second-order valence-electron chi connectivity index (χ2n) is 6.56. The van der Waals surface area contributed by atoms with Gasteiger partial charge in [0.2, 0.25) is 5.75 Å². The van der Waals surface area contributed by atoms with Crippen LogP contribution >= 0.6 is 0 Å². The lowest BCUT2D eigenvalue weighted by molar-refractivity contribution is 0.104. The molecule has 0 fully saturated rings. The van der Waals surface area contributed by atoms with Crippen molar-refractivity contribution < 1.29 is 28.8 Å². The van der Waals surface area contributed by atoms with E-state index in [1.165, 1.54) is 26.4 Å². The largest absolute Gasteiger partial charge is 0.504 e. The maximum atomic E-state index is 13.0. The number of methoxy groups -OCH3 is 4. The number of phenols is 1. The van der Waals surface area contributed by atoms with Crippen molar-refractivity contribution in [3.05, 3.63) is 71.8 Å². The number of aromatic hydroxyl groups is 1. The summed E-state index contributed by atoms with van der Waals surface area (Å²) in [5.74, 6) is 1.65. The number of carbonyl (C=O) groups is 1. The molecule has 0 spiro atoms. The number of rotatable bonds is 8. The van der Waals surface area contributed by atoms with E-state index in [2.05, 4.69) is 0 Å². The molecule has 0 aliphatic carbocycles. The van der Waals surface area contributed by atoms with E-state index < -0.39 is 0 Å². The van der Waals surface area contributed by atoms with Crippen molar-refractivity contribution in [2.75, 3.05) is 28.4 Å². The van der Waals surface area contributed by atoms with Crippen molar-refractivity contribution in [1.82, 2.24) is 0 Å². The van der Waals surface area contributed by atoms with E-state index in [4.69, 9.17) is 18.9 Å². The summed E-state index contributed by atoms with van der Waals surface area (Å²) < 4.78 is 21.5. The van der Waals surface area contributed by atoms with E-state index in [-0.39, 0.29) is 11.5 Å². The minimum Gasteiger partial charge on any atom is -0.504 e. The van der Waals surface area contributed by atoms with Crippen LogP contribution in [0.15, 0.2) is 60.7 Å². The highest BCUT2D eigenvalue weighted by Gasteiger charge is 2.20. The van der Waals surface area contributed by atoms with Crippen LogP contribution in [-0.4, -0.2) is 39.3 Å². The van der Waals surface area contributed by atoms with Crippen LogP contribution in [0, 0.1) is 0 Å². The number of ketones is 1. The summed E-state index contributed by atoms with van der Waals surface area (Å²) in [6.45, 7) is 0. The lowest BCUT2D eigenvalue weighted by Gasteiger charge is -2.17. The lowest BCUT2D eigenvalue weighted by Crippen LogP contribution is -2.01. The number of ether oxygens (including phenoxy) is 4. The fourth-order valence-corrected chi connectivity index (χ4v) is 3.32. The van der Waals surface area contributed by atoms with Gasteiger partial charge in [0, 0.05) is 11.1 Å². The Labute approximate surface area is 181 Å². The predicted octanol–water partition coefficient (Wildman–Crippen LogP) is 4.99. The molecule has 0 saturated heterocycles. The Hall–Kier alpha value is -3.93. The van der Waals surface area contributed by atoms with E-state index in [0.29, 0.717) is 45.3 Å². The van der Waals surface area contributed by atoms with Gasteiger partial charge in [-0.2, -0.15) is 0 Å². The highest BCUT2D eigenvalue weighted by atomic mass is 16.5. The van der Waals surface area contributed by atoms with Gasteiger partial charge in [0.25, 0.3) is 0 Å². The number of carbonyl (C=O) groups excluding carboxylic acids is 1. The van der Waals surface area contributed by atoms with Crippen molar-refractivity contribution >= 4 is 11.9 Å². The molecule has 6 heteroatoms. The van der Waals surface area contributed by atoms with Gasteiger partial charge in [-0.05, 0) is 41.5 Å². The number of allylic oxidation sites excluding steroid dienone is 1. The molecule has 0 saturated carbocycles. The molecule has 0 heterocycles. The van der Waals surface area contributed by atoms with Crippen molar-refractivity contribution in [2.24, 2.45) is 0 Å². The van der Waals surface area contributed by atoms with E-state index in [1.54, 1.807) is 50.6 Å². The van der Waals surface area contributed by atoms with Crippen LogP contribution in [0.2, 0.25) is 0 Å². The van der Waals surface area contributed by atoms with Crippen LogP contribution in [0.5, 0.6) is 28.7 Å². The van der Waals surface area contributed by atoms with Crippen LogP contribution in [0.1, 0.15) is 15.9 Å². The minimum atomic E-state index is -0.192. The predicted molar refractivity (Wildman–Crippen MR) is 120 cm³/mol. The van der Waals surface area contributed by atoms with Gasteiger partial charge in [0.05, 0.1) is 28.4 Å². The van der Waals surface area contributed by atoms with Gasteiger partial charge < -0.3 is 24.1 Å². The molecular weight excluding hydrogens is 396 g/mol. The fourth-order valence-electron chi connectivity index (χ4n) is 3.32. The zero-order valence-corrected chi connectivity index (χ0v) is 17.8. The van der Waals surface area contributed by atoms with Gasteiger partial charge in [-0.25, -0.2) is 0 Å². The molecule has 0 unspecified atom stereocenters. The maximum Gasteiger partial charge on any atom is 0.203 e. The molecule has 3 aromatic carbocycles. The topological polar surface area (TPSA) is 74.2 Å². The van der Waals surface area contributed by atoms with E-state index >= 15 is 0 Å². The summed E-state index contributed by atoms with van der Waals surface area (Å²) in [4.78, 5) is 13.0. The molecule has 3 aromatic rings. The standard InChI is InChI=1S/C25H24O6/c1-28-22-13-10-16(15-21(22)27)9-12-20(26)18-8-6-5-7-17(18)19-11-14-23(29-2)25(31-4)24(19)30-3/h5-15,27H,1-4H3/b12-9+. The van der Waals surface area contributed by atoms with E-state index in [9.17, 15) is 9.90 Å². The molecular formula is C25H24O6. The third-order valence-corrected chi connectivity index (χ3v) is 4.82. The second kappa shape index (κ2) is 9.71. The van der Waals surface area contributed by atoms with Crippen LogP contribution < -0.4 is 18.9 Å². The maximum absolute atomic E-state index is 13.0. The molecule has 6 nitrogen and oxygen atoms in total. The summed E-state index contributed by atoms with van der Waals surface area (Å²) in [6, 6.07) is 15.8. The fraction of sp³-hybridized carbons (Fsp3) is 0.160. The Balaban J connectivity index is 2.01. The van der Waals surface area contributed by atoms with Gasteiger partial charge in [0.1, 0.15) is 0 Å². The van der Waals surface area contributed by atoms with E-state index in [0.717, 1.165) is 0 Å². The van der Waals surface area contributed by atoms with E-state index in [1.807, 2.05) is 18.2 Å². The Bertz CT molecular complexity index is 1120. The number of hydrogen-bond acceptors (Lipinski definition) is 6. The van der Waals surface area contributed by atoms with Gasteiger partial charge in [-0.3, -0.25) is 4.79 Å². The summed E-state index contributed by atoms with van der Waals surface area (Å²) >= 11 is 0. The molecule has 31 heavy (non-hydrogen) atoms. The minimum absolute atomic E-state index is 0.00700. The lowest BCUT2D eigenvalue weighted by atomic mass is 9.95. The third-order valence-electron chi connectivity index (χ3n) is 4.82. The molecule has 1 N–H and O–H groups in total. The second-order valence-corrected chi connectivity index (χ2v) is 6.56. The number of hydrogen-bond donors (Lipinski definition) is 1. The molecule has 0 aromatic heterocycles. The molecule has 0 aliphatic rings. The quantitative estimate of drug-likeness (QED) is 0.409. The molecule has 0 atom stereocenters. The van der Waals surface area contributed by atoms with Crippen molar-refractivity contribution in [2.45, 2.75) is 0 Å². The smallest absolute Gasteiger partial charge is 0.203 e. The number of benzene rings is 3. The van der Waals surface area contributed by atoms with Crippen molar-refractivity contribution in [3.63, 3.8) is 0 Å². The first kappa shape index (κ1) is 21.8. The molecule has 3 rings (SSSR count). The molecule has 0 aliphatic heterocycles. The van der Waals surface area contributed by atoms with Gasteiger partial charge in [-0.1, -0.05) is 36.4 Å². The van der Waals surface area contributed by atoms with Gasteiger partial charge in [-0.15, -0.1) is 0 Å². The third kappa shape index (κ3) is 4.48. The van der Waals surface area contributed by atoms with Crippen LogP contribution in [0.25, 0.3) is 17.2 Å². The Morgan fingerprint density at radius 2 is 1.45 bits per heavy atom. The van der Waals surface area contributed by atoms with Crippen LogP contribution in [0.3, 0.4) is 0 Å². The van der Waals surface area contributed by atoms with Crippen molar-refractivity contribution in [3.8, 4) is 39.9 Å². The zero-order chi connectivity index (χ0) is 22.4. The van der Waals surface area contributed by atoms with Crippen LogP contribution in [-0.2, 0) is 0 Å². The molecule has 0 radical (unpaired) electrons. The average molecular weight is 420 g/mol. The first-order valence-corrected chi connectivity index (χ1v) is 9.51.